The Balaban J connectivity index is 1.58. The molecule has 3 rings (SSSR count). The fourth-order valence-electron chi connectivity index (χ4n) is 4.62. The second kappa shape index (κ2) is 10.9. The lowest BCUT2D eigenvalue weighted by atomic mass is 9.82. The summed E-state index contributed by atoms with van der Waals surface area (Å²) in [6, 6.07) is 10.4. The molecular formula is C25H37N3O3. The van der Waals surface area contributed by atoms with Gasteiger partial charge in [-0.2, -0.15) is 0 Å². The van der Waals surface area contributed by atoms with E-state index in [0.29, 0.717) is 30.5 Å². The van der Waals surface area contributed by atoms with Crippen LogP contribution >= 0.6 is 0 Å². The smallest absolute Gasteiger partial charge is 0.335 e. The maximum Gasteiger partial charge on any atom is 0.335 e. The number of ether oxygens (including phenoxy) is 1. The molecule has 1 N–H and O–H groups in total. The molecule has 6 heteroatoms. The maximum atomic E-state index is 13.1. The summed E-state index contributed by atoms with van der Waals surface area (Å²) in [7, 11) is 0. The summed E-state index contributed by atoms with van der Waals surface area (Å²) < 4.78 is 5.83. The van der Waals surface area contributed by atoms with Crippen molar-refractivity contribution in [3.63, 3.8) is 0 Å². The van der Waals surface area contributed by atoms with Gasteiger partial charge in [-0.25, -0.2) is 4.79 Å². The standard InChI is InChI=1S/C25H37N3O3/c1-4-6-15-27(5-2)18-14-26-23(29)22-20(3)24(30)31-25(22)12-16-28(17-13-25)19-21-10-8-7-9-11-21/h7-11H,4-6,12-19H2,1-3H3,(H,26,29). The fraction of sp³-hybridized carbons (Fsp3) is 0.600. The van der Waals surface area contributed by atoms with Crippen LogP contribution in [0.3, 0.4) is 0 Å². The van der Waals surface area contributed by atoms with Gasteiger partial charge in [0.05, 0.1) is 5.57 Å². The molecule has 1 spiro atoms. The van der Waals surface area contributed by atoms with Crippen LogP contribution in [0.5, 0.6) is 0 Å². The van der Waals surface area contributed by atoms with E-state index in [4.69, 9.17) is 4.74 Å². The molecule has 170 valence electrons. The summed E-state index contributed by atoms with van der Waals surface area (Å²) in [4.78, 5) is 30.2. The van der Waals surface area contributed by atoms with E-state index < -0.39 is 5.60 Å². The molecule has 0 saturated carbocycles. The number of hydrogen-bond acceptors (Lipinski definition) is 5. The maximum absolute atomic E-state index is 13.1. The molecule has 2 aliphatic rings. The number of nitrogens with zero attached hydrogens (tertiary/aromatic N) is 2. The molecule has 0 atom stereocenters. The molecule has 6 nitrogen and oxygen atoms in total. The van der Waals surface area contributed by atoms with Gasteiger partial charge in [0.2, 0.25) is 0 Å². The predicted octanol–water partition coefficient (Wildman–Crippen LogP) is 3.13. The molecule has 1 amide bonds. The molecule has 0 bridgehead atoms. The number of benzene rings is 1. The van der Waals surface area contributed by atoms with Crippen molar-refractivity contribution < 1.29 is 14.3 Å². The Labute approximate surface area is 186 Å². The van der Waals surface area contributed by atoms with E-state index in [0.717, 1.165) is 52.1 Å². The molecular weight excluding hydrogens is 390 g/mol. The summed E-state index contributed by atoms with van der Waals surface area (Å²) in [5, 5.41) is 3.06. The highest BCUT2D eigenvalue weighted by Crippen LogP contribution is 2.41. The highest BCUT2D eigenvalue weighted by atomic mass is 16.6. The van der Waals surface area contributed by atoms with Crippen molar-refractivity contribution in [3.8, 4) is 0 Å². The van der Waals surface area contributed by atoms with E-state index in [9.17, 15) is 9.59 Å². The molecule has 2 heterocycles. The average molecular weight is 428 g/mol. The molecule has 0 radical (unpaired) electrons. The predicted molar refractivity (Wildman–Crippen MR) is 123 cm³/mol. The largest absolute Gasteiger partial charge is 0.450 e. The van der Waals surface area contributed by atoms with Crippen molar-refractivity contribution in [1.82, 2.24) is 15.1 Å². The zero-order valence-electron chi connectivity index (χ0n) is 19.3. The highest BCUT2D eigenvalue weighted by molar-refractivity contribution is 6.07. The van der Waals surface area contributed by atoms with Gasteiger partial charge in [0.1, 0.15) is 5.60 Å². The number of carbonyl (C=O) groups is 2. The first-order valence-electron chi connectivity index (χ1n) is 11.7. The van der Waals surface area contributed by atoms with Gasteiger partial charge in [0, 0.05) is 51.1 Å². The third-order valence-corrected chi connectivity index (χ3v) is 6.55. The normalized spacial score (nSPS) is 18.6. The van der Waals surface area contributed by atoms with Gasteiger partial charge in [-0.1, -0.05) is 50.6 Å². The Morgan fingerprint density at radius 1 is 1.16 bits per heavy atom. The Hall–Kier alpha value is -2.18. The van der Waals surface area contributed by atoms with Crippen LogP contribution in [0.4, 0.5) is 0 Å². The van der Waals surface area contributed by atoms with Crippen molar-refractivity contribution >= 4 is 11.9 Å². The number of esters is 1. The number of amides is 1. The first-order valence-corrected chi connectivity index (χ1v) is 11.7. The number of hydrogen-bond donors (Lipinski definition) is 1. The van der Waals surface area contributed by atoms with Gasteiger partial charge >= 0.3 is 5.97 Å². The van der Waals surface area contributed by atoms with Crippen molar-refractivity contribution in [2.45, 2.75) is 58.6 Å². The summed E-state index contributed by atoms with van der Waals surface area (Å²) in [5.74, 6) is -0.494. The summed E-state index contributed by atoms with van der Waals surface area (Å²) in [6.07, 6.45) is 3.64. The lowest BCUT2D eigenvalue weighted by molar-refractivity contribution is -0.151. The highest BCUT2D eigenvalue weighted by Gasteiger charge is 2.50. The SMILES string of the molecule is CCCCN(CC)CCNC(=O)C1=C(C)C(=O)OC12CCN(Cc1ccccc1)CC2. The zero-order chi connectivity index (χ0) is 22.3. The van der Waals surface area contributed by atoms with E-state index in [2.05, 4.69) is 53.2 Å². The Morgan fingerprint density at radius 2 is 1.87 bits per heavy atom. The van der Waals surface area contributed by atoms with E-state index in [1.807, 2.05) is 6.07 Å². The van der Waals surface area contributed by atoms with Gasteiger partial charge in [0.15, 0.2) is 0 Å². The topological polar surface area (TPSA) is 61.9 Å². The van der Waals surface area contributed by atoms with Crippen molar-refractivity contribution in [2.75, 3.05) is 39.3 Å². The molecule has 1 aromatic rings. The minimum Gasteiger partial charge on any atom is -0.450 e. The van der Waals surface area contributed by atoms with Crippen LogP contribution in [-0.4, -0.2) is 66.5 Å². The second-order valence-corrected chi connectivity index (χ2v) is 8.69. The van der Waals surface area contributed by atoms with Gasteiger partial charge < -0.3 is 15.0 Å². The monoisotopic (exact) mass is 427 g/mol. The summed E-state index contributed by atoms with van der Waals surface area (Å²) in [5.41, 5.74) is 1.52. The minimum absolute atomic E-state index is 0.147. The van der Waals surface area contributed by atoms with Crippen LogP contribution in [-0.2, 0) is 20.9 Å². The van der Waals surface area contributed by atoms with Gasteiger partial charge in [-0.3, -0.25) is 9.69 Å². The first-order chi connectivity index (χ1) is 15.0. The van der Waals surface area contributed by atoms with Crippen LogP contribution < -0.4 is 5.32 Å². The van der Waals surface area contributed by atoms with Crippen LogP contribution in [0.15, 0.2) is 41.5 Å². The third kappa shape index (κ3) is 5.74. The van der Waals surface area contributed by atoms with Gasteiger partial charge in [-0.15, -0.1) is 0 Å². The zero-order valence-corrected chi connectivity index (χ0v) is 19.3. The quantitative estimate of drug-likeness (QED) is 0.582. The van der Waals surface area contributed by atoms with E-state index in [1.165, 1.54) is 5.56 Å². The number of likely N-dealkylation sites (tertiary alicyclic amines) is 1. The van der Waals surface area contributed by atoms with Crippen LogP contribution in [0, 0.1) is 0 Å². The number of likely N-dealkylation sites (N-methyl/N-ethyl adjacent to an activating group) is 1. The Bertz CT molecular complexity index is 782. The number of nitrogens with one attached hydrogen (secondary N) is 1. The molecule has 1 aromatic carbocycles. The van der Waals surface area contributed by atoms with Crippen molar-refractivity contribution in [2.24, 2.45) is 0 Å². The van der Waals surface area contributed by atoms with Gasteiger partial charge in [-0.05, 0) is 32.0 Å². The van der Waals surface area contributed by atoms with E-state index in [1.54, 1.807) is 6.92 Å². The van der Waals surface area contributed by atoms with Crippen molar-refractivity contribution in [3.05, 3.63) is 47.0 Å². The number of unbranched alkanes of at least 4 members (excludes halogenated alkanes) is 1. The first kappa shape index (κ1) is 23.5. The Kier molecular flexibility index (Phi) is 8.27. The van der Waals surface area contributed by atoms with E-state index >= 15 is 0 Å². The van der Waals surface area contributed by atoms with Crippen LogP contribution in [0.2, 0.25) is 0 Å². The lowest BCUT2D eigenvalue weighted by Gasteiger charge is -2.39. The number of carbonyl (C=O) groups excluding carboxylic acids is 2. The molecule has 0 aromatic heterocycles. The van der Waals surface area contributed by atoms with Crippen LogP contribution in [0.25, 0.3) is 0 Å². The molecule has 0 unspecified atom stereocenters. The van der Waals surface area contributed by atoms with Gasteiger partial charge in [0.25, 0.3) is 5.91 Å². The molecule has 0 aliphatic carbocycles. The lowest BCUT2D eigenvalue weighted by Crippen LogP contribution is -2.49. The molecule has 1 saturated heterocycles. The third-order valence-electron chi connectivity index (χ3n) is 6.55. The molecule has 2 aliphatic heterocycles. The molecule has 1 fully saturated rings. The van der Waals surface area contributed by atoms with Crippen LogP contribution in [0.1, 0.15) is 52.0 Å². The summed E-state index contributed by atoms with van der Waals surface area (Å²) in [6.45, 7) is 12.0. The average Bonchev–Trinajstić information content (AvgIpc) is 3.02. The van der Waals surface area contributed by atoms with Crippen molar-refractivity contribution in [1.29, 1.82) is 0 Å². The Morgan fingerprint density at radius 3 is 2.52 bits per heavy atom. The molecule has 31 heavy (non-hydrogen) atoms. The minimum atomic E-state index is -0.773. The number of rotatable bonds is 10. The number of piperidine rings is 1. The summed E-state index contributed by atoms with van der Waals surface area (Å²) >= 11 is 0. The van der Waals surface area contributed by atoms with E-state index in [-0.39, 0.29) is 11.9 Å². The fourth-order valence-corrected chi connectivity index (χ4v) is 4.62. The second-order valence-electron chi connectivity index (χ2n) is 8.69.